The van der Waals surface area contributed by atoms with Crippen LogP contribution in [0.5, 0.6) is 0 Å². The van der Waals surface area contributed by atoms with Gasteiger partial charge < -0.3 is 20.5 Å². The van der Waals surface area contributed by atoms with E-state index >= 15 is 0 Å². The molecular formula is C21H29FIN3O2. The molecule has 2 aromatic carbocycles. The van der Waals surface area contributed by atoms with Gasteiger partial charge in [-0.15, -0.1) is 24.0 Å². The minimum Gasteiger partial charge on any atom is -0.388 e. The minimum atomic E-state index is -0.518. The van der Waals surface area contributed by atoms with Crippen molar-refractivity contribution in [2.24, 2.45) is 4.99 Å². The number of aliphatic hydroxyl groups is 1. The third-order valence-corrected chi connectivity index (χ3v) is 4.07. The van der Waals surface area contributed by atoms with Gasteiger partial charge in [-0.25, -0.2) is 9.38 Å². The highest BCUT2D eigenvalue weighted by Gasteiger charge is 2.07. The van der Waals surface area contributed by atoms with Gasteiger partial charge in [-0.1, -0.05) is 36.4 Å². The second-order valence-electron chi connectivity index (χ2n) is 6.20. The maximum Gasteiger partial charge on any atom is 0.191 e. The fraction of sp³-hybridized carbons (Fsp3) is 0.381. The van der Waals surface area contributed by atoms with Gasteiger partial charge in [0.25, 0.3) is 0 Å². The van der Waals surface area contributed by atoms with E-state index in [2.05, 4.69) is 15.6 Å². The summed E-state index contributed by atoms with van der Waals surface area (Å²) in [5, 5.41) is 16.6. The lowest BCUT2D eigenvalue weighted by Crippen LogP contribution is -2.38. The van der Waals surface area contributed by atoms with Crippen LogP contribution in [-0.4, -0.2) is 31.3 Å². The number of ether oxygens (including phenoxy) is 1. The van der Waals surface area contributed by atoms with Gasteiger partial charge in [-0.3, -0.25) is 0 Å². The molecule has 2 aromatic rings. The largest absolute Gasteiger partial charge is 0.388 e. The molecule has 0 fully saturated rings. The fourth-order valence-electron chi connectivity index (χ4n) is 2.67. The highest BCUT2D eigenvalue weighted by atomic mass is 127. The topological polar surface area (TPSA) is 65.9 Å². The van der Waals surface area contributed by atoms with Crippen LogP contribution in [0, 0.1) is 5.82 Å². The average Bonchev–Trinajstić information content (AvgIpc) is 2.69. The molecule has 1 atom stereocenters. The molecule has 0 amide bonds. The molecule has 0 aliphatic carbocycles. The monoisotopic (exact) mass is 501 g/mol. The average molecular weight is 501 g/mol. The molecule has 7 heteroatoms. The Morgan fingerprint density at radius 3 is 2.61 bits per heavy atom. The zero-order valence-corrected chi connectivity index (χ0v) is 18.7. The van der Waals surface area contributed by atoms with E-state index in [1.807, 2.05) is 37.3 Å². The van der Waals surface area contributed by atoms with E-state index in [-0.39, 0.29) is 36.4 Å². The lowest BCUT2D eigenvalue weighted by atomic mass is 10.1. The number of hydrogen-bond acceptors (Lipinski definition) is 3. The Hall–Kier alpha value is -1.71. The maximum atomic E-state index is 13.7. The zero-order valence-electron chi connectivity index (χ0n) is 16.3. The minimum absolute atomic E-state index is 0. The van der Waals surface area contributed by atoms with E-state index in [0.29, 0.717) is 31.0 Å². The number of aliphatic imine (C=N–C) groups is 1. The van der Waals surface area contributed by atoms with Crippen LogP contribution in [0.2, 0.25) is 0 Å². The summed E-state index contributed by atoms with van der Waals surface area (Å²) in [6.07, 6.45) is 0.0541. The van der Waals surface area contributed by atoms with E-state index in [1.54, 1.807) is 19.2 Å². The second-order valence-corrected chi connectivity index (χ2v) is 6.20. The van der Waals surface area contributed by atoms with E-state index in [4.69, 9.17) is 4.74 Å². The number of aliphatic hydroxyl groups excluding tert-OH is 1. The molecule has 5 nitrogen and oxygen atoms in total. The first-order valence-corrected chi connectivity index (χ1v) is 9.15. The maximum absolute atomic E-state index is 13.7. The van der Waals surface area contributed by atoms with Crippen molar-refractivity contribution in [1.29, 1.82) is 0 Å². The lowest BCUT2D eigenvalue weighted by Gasteiger charge is -2.14. The first-order valence-electron chi connectivity index (χ1n) is 9.15. The summed E-state index contributed by atoms with van der Waals surface area (Å²) >= 11 is 0. The Kier molecular flexibility index (Phi) is 11.7. The normalized spacial score (nSPS) is 12.2. The number of nitrogens with one attached hydrogen (secondary N) is 2. The molecule has 0 heterocycles. The Bertz CT molecular complexity index is 729. The summed E-state index contributed by atoms with van der Waals surface area (Å²) in [6.45, 7) is 3.96. The Balaban J connectivity index is 0.00000392. The van der Waals surface area contributed by atoms with Crippen molar-refractivity contribution in [3.05, 3.63) is 71.0 Å². The van der Waals surface area contributed by atoms with Crippen molar-refractivity contribution in [3.8, 4) is 0 Å². The van der Waals surface area contributed by atoms with Gasteiger partial charge in [0.15, 0.2) is 5.96 Å². The fourth-order valence-corrected chi connectivity index (χ4v) is 2.67. The number of nitrogens with zero attached hydrogens (tertiary/aromatic N) is 1. The molecule has 0 aliphatic rings. The molecule has 0 radical (unpaired) electrons. The molecule has 0 saturated carbocycles. The van der Waals surface area contributed by atoms with Crippen molar-refractivity contribution >= 4 is 29.9 Å². The predicted octanol–water partition coefficient (Wildman–Crippen LogP) is 3.77. The van der Waals surface area contributed by atoms with Crippen molar-refractivity contribution in [2.75, 3.05) is 20.2 Å². The summed E-state index contributed by atoms with van der Waals surface area (Å²) in [7, 11) is 1.54. The van der Waals surface area contributed by atoms with Gasteiger partial charge >= 0.3 is 0 Å². The van der Waals surface area contributed by atoms with Crippen LogP contribution in [0.4, 0.5) is 4.39 Å². The Labute approximate surface area is 183 Å². The van der Waals surface area contributed by atoms with Crippen LogP contribution < -0.4 is 10.6 Å². The highest BCUT2D eigenvalue weighted by molar-refractivity contribution is 14.0. The number of halogens is 2. The van der Waals surface area contributed by atoms with E-state index in [9.17, 15) is 9.50 Å². The van der Waals surface area contributed by atoms with E-state index in [0.717, 1.165) is 17.7 Å². The number of rotatable bonds is 9. The summed E-state index contributed by atoms with van der Waals surface area (Å²) in [5.41, 5.74) is 2.33. The molecule has 0 saturated heterocycles. The van der Waals surface area contributed by atoms with Crippen LogP contribution in [0.15, 0.2) is 53.5 Å². The smallest absolute Gasteiger partial charge is 0.191 e. The number of methoxy groups -OCH3 is 1. The van der Waals surface area contributed by atoms with E-state index in [1.165, 1.54) is 6.07 Å². The molecule has 0 aromatic heterocycles. The van der Waals surface area contributed by atoms with Crippen molar-refractivity contribution in [1.82, 2.24) is 10.6 Å². The standard InChI is InChI=1S/C21H28FN3O2.HI/c1-3-23-21(24-12-11-20(26)17-7-5-4-6-8-17)25-14-16-9-10-19(22)18(13-16)15-27-2;/h4-10,13,20,26H,3,11-12,14-15H2,1-2H3,(H2,23,24,25);1H. The van der Waals surface area contributed by atoms with Gasteiger partial charge in [-0.2, -0.15) is 0 Å². The molecule has 28 heavy (non-hydrogen) atoms. The quantitative estimate of drug-likeness (QED) is 0.278. The molecule has 0 aliphatic heterocycles. The van der Waals surface area contributed by atoms with Crippen LogP contribution in [0.1, 0.15) is 36.1 Å². The molecule has 0 bridgehead atoms. The number of benzene rings is 2. The van der Waals surface area contributed by atoms with Gasteiger partial charge in [0, 0.05) is 25.8 Å². The molecule has 2 rings (SSSR count). The summed E-state index contributed by atoms with van der Waals surface area (Å²) in [5.74, 6) is 0.389. The molecule has 1 unspecified atom stereocenters. The molecule has 3 N–H and O–H groups in total. The van der Waals surface area contributed by atoms with Crippen LogP contribution >= 0.6 is 24.0 Å². The van der Waals surface area contributed by atoms with Crippen molar-refractivity contribution in [2.45, 2.75) is 32.6 Å². The van der Waals surface area contributed by atoms with Gasteiger partial charge in [0.2, 0.25) is 0 Å². The van der Waals surface area contributed by atoms with Crippen LogP contribution in [-0.2, 0) is 17.9 Å². The lowest BCUT2D eigenvalue weighted by molar-refractivity contribution is 0.168. The Morgan fingerprint density at radius 2 is 1.93 bits per heavy atom. The van der Waals surface area contributed by atoms with Crippen molar-refractivity contribution < 1.29 is 14.2 Å². The van der Waals surface area contributed by atoms with Crippen LogP contribution in [0.3, 0.4) is 0 Å². The van der Waals surface area contributed by atoms with Gasteiger partial charge in [0.05, 0.1) is 19.3 Å². The third kappa shape index (κ3) is 8.12. The third-order valence-electron chi connectivity index (χ3n) is 4.07. The number of guanidine groups is 1. The first-order chi connectivity index (χ1) is 13.1. The second kappa shape index (κ2) is 13.5. The van der Waals surface area contributed by atoms with Gasteiger partial charge in [-0.05, 0) is 36.6 Å². The SMILES string of the molecule is CCNC(=NCc1ccc(F)c(COC)c1)NCCC(O)c1ccccc1.I. The summed E-state index contributed by atoms with van der Waals surface area (Å²) < 4.78 is 18.7. The summed E-state index contributed by atoms with van der Waals surface area (Å²) in [6, 6.07) is 14.5. The van der Waals surface area contributed by atoms with Crippen LogP contribution in [0.25, 0.3) is 0 Å². The Morgan fingerprint density at radius 1 is 1.18 bits per heavy atom. The zero-order chi connectivity index (χ0) is 19.5. The van der Waals surface area contributed by atoms with Crippen molar-refractivity contribution in [3.63, 3.8) is 0 Å². The summed E-state index contributed by atoms with van der Waals surface area (Å²) in [4.78, 5) is 4.53. The van der Waals surface area contributed by atoms with E-state index < -0.39 is 6.10 Å². The van der Waals surface area contributed by atoms with Gasteiger partial charge in [0.1, 0.15) is 5.82 Å². The molecular weight excluding hydrogens is 472 g/mol. The highest BCUT2D eigenvalue weighted by Crippen LogP contribution is 2.15. The predicted molar refractivity (Wildman–Crippen MR) is 121 cm³/mol. The first kappa shape index (κ1) is 24.3. The molecule has 0 spiro atoms. The number of hydrogen-bond donors (Lipinski definition) is 3. The molecule has 154 valence electrons.